The molecular weight excluding hydrogens is 451 g/mol. The fourth-order valence-electron chi connectivity index (χ4n) is 3.60. The van der Waals surface area contributed by atoms with Crippen LogP contribution in [0.15, 0.2) is 35.5 Å². The number of halogens is 1. The van der Waals surface area contributed by atoms with Gasteiger partial charge in [0, 0.05) is 26.3 Å². The Morgan fingerprint density at radius 1 is 1.18 bits per heavy atom. The molecule has 1 aromatic carbocycles. The molecule has 11 heteroatoms. The molecule has 180 valence electrons. The van der Waals surface area contributed by atoms with Crippen LogP contribution in [-0.2, 0) is 31.4 Å². The number of hydrogen-bond acceptors (Lipinski definition) is 6. The number of ether oxygens (including phenoxy) is 1. The van der Waals surface area contributed by atoms with Gasteiger partial charge in [-0.05, 0) is 51.3 Å². The molecule has 1 aliphatic heterocycles. The van der Waals surface area contributed by atoms with E-state index in [1.165, 1.54) is 29.6 Å². The minimum Gasteiger partial charge on any atom is -0.452 e. The summed E-state index contributed by atoms with van der Waals surface area (Å²) in [5, 5.41) is 2.73. The Bertz CT molecular complexity index is 1090. The fraction of sp³-hybridized carbons (Fsp3) is 0.500. The number of nitrogens with one attached hydrogen (secondary N) is 1. The summed E-state index contributed by atoms with van der Waals surface area (Å²) in [4.78, 5) is 29.1. The fourth-order valence-corrected chi connectivity index (χ4v) is 5.10. The summed E-state index contributed by atoms with van der Waals surface area (Å²) < 4.78 is 47.0. The van der Waals surface area contributed by atoms with Gasteiger partial charge in [0.1, 0.15) is 11.6 Å². The molecular formula is C22H29FN4O5S. The number of hydrogen-bond donors (Lipinski definition) is 1. The maximum absolute atomic E-state index is 13.1. The first-order chi connectivity index (χ1) is 15.5. The third-order valence-corrected chi connectivity index (χ3v) is 7.64. The molecule has 0 aliphatic carbocycles. The van der Waals surface area contributed by atoms with Crippen molar-refractivity contribution in [1.29, 1.82) is 0 Å². The highest BCUT2D eigenvalue weighted by atomic mass is 32.2. The molecule has 3 rings (SSSR count). The maximum atomic E-state index is 13.1. The van der Waals surface area contributed by atoms with Crippen LogP contribution in [0.3, 0.4) is 0 Å². The van der Waals surface area contributed by atoms with E-state index in [4.69, 9.17) is 4.74 Å². The van der Waals surface area contributed by atoms with Gasteiger partial charge in [0.15, 0.2) is 11.1 Å². The Balaban J connectivity index is 1.51. The van der Waals surface area contributed by atoms with Gasteiger partial charge in [-0.1, -0.05) is 12.1 Å². The monoisotopic (exact) mass is 480 g/mol. The quantitative estimate of drug-likeness (QED) is 0.608. The third kappa shape index (κ3) is 5.77. The van der Waals surface area contributed by atoms with E-state index in [0.717, 1.165) is 5.56 Å². The van der Waals surface area contributed by atoms with Gasteiger partial charge in [0.2, 0.25) is 0 Å². The van der Waals surface area contributed by atoms with Crippen LogP contribution in [0.25, 0.3) is 0 Å². The average molecular weight is 481 g/mol. The third-order valence-electron chi connectivity index (χ3n) is 5.87. The van der Waals surface area contributed by atoms with Gasteiger partial charge in [-0.25, -0.2) is 17.8 Å². The Morgan fingerprint density at radius 3 is 2.33 bits per heavy atom. The molecule has 1 N–H and O–H groups in total. The lowest BCUT2D eigenvalue weighted by atomic mass is 9.98. The summed E-state index contributed by atoms with van der Waals surface area (Å²) in [6, 6.07) is 5.38. The van der Waals surface area contributed by atoms with Crippen molar-refractivity contribution in [3.05, 3.63) is 47.7 Å². The van der Waals surface area contributed by atoms with Crippen LogP contribution in [0.2, 0.25) is 0 Å². The second-order valence-electron chi connectivity index (χ2n) is 8.28. The lowest BCUT2D eigenvalue weighted by Gasteiger charge is -2.30. The number of esters is 1. The van der Waals surface area contributed by atoms with E-state index in [9.17, 15) is 22.4 Å². The molecule has 0 spiro atoms. The number of carbonyl (C=O) groups is 2. The first-order valence-electron chi connectivity index (χ1n) is 10.8. The van der Waals surface area contributed by atoms with Gasteiger partial charge >= 0.3 is 5.97 Å². The molecule has 2 heterocycles. The highest BCUT2D eigenvalue weighted by Gasteiger charge is 2.35. The molecule has 1 amide bonds. The lowest BCUT2D eigenvalue weighted by Crippen LogP contribution is -2.42. The van der Waals surface area contributed by atoms with Crippen LogP contribution in [-0.4, -0.2) is 53.3 Å². The number of nitrogens with zero attached hydrogens (tertiary/aromatic N) is 3. The SMILES string of the molecule is Cc1nc(S(=O)(=O)N2CCC(C(=O)OC(C)C(=O)NC(C)c3ccc(F)cc3)CC2)cn1C. The number of imidazole rings is 1. The van der Waals surface area contributed by atoms with Gasteiger partial charge < -0.3 is 14.6 Å². The van der Waals surface area contributed by atoms with E-state index in [1.54, 1.807) is 37.6 Å². The highest BCUT2D eigenvalue weighted by molar-refractivity contribution is 7.89. The molecule has 1 aromatic heterocycles. The number of piperidine rings is 1. The standard InChI is InChI=1S/C22H29FN4O5S/c1-14(17-5-7-19(23)8-6-17)24-21(28)15(2)32-22(29)18-9-11-27(12-10-18)33(30,31)20-13-26(4)16(3)25-20/h5-8,13-15,18H,9-12H2,1-4H3,(H,24,28). The van der Waals surface area contributed by atoms with Crippen molar-refractivity contribution in [2.45, 2.75) is 50.8 Å². The average Bonchev–Trinajstić information content (AvgIpc) is 3.13. The number of rotatable bonds is 7. The zero-order valence-electron chi connectivity index (χ0n) is 19.1. The van der Waals surface area contributed by atoms with Crippen LogP contribution in [0.4, 0.5) is 4.39 Å². The second kappa shape index (κ2) is 10.0. The lowest BCUT2D eigenvalue weighted by molar-refractivity contribution is -0.160. The Labute approximate surface area is 193 Å². The van der Waals surface area contributed by atoms with E-state index >= 15 is 0 Å². The van der Waals surface area contributed by atoms with E-state index in [1.807, 2.05) is 0 Å². The zero-order valence-corrected chi connectivity index (χ0v) is 19.9. The number of aryl methyl sites for hydroxylation is 2. The largest absolute Gasteiger partial charge is 0.452 e. The van der Waals surface area contributed by atoms with E-state index in [-0.39, 0.29) is 30.0 Å². The van der Waals surface area contributed by atoms with Crippen LogP contribution in [0.5, 0.6) is 0 Å². The highest BCUT2D eigenvalue weighted by Crippen LogP contribution is 2.25. The van der Waals surface area contributed by atoms with Crippen LogP contribution in [0.1, 0.15) is 44.1 Å². The van der Waals surface area contributed by atoms with Crippen molar-refractivity contribution in [3.8, 4) is 0 Å². The molecule has 33 heavy (non-hydrogen) atoms. The summed E-state index contributed by atoms with van der Waals surface area (Å²) in [5.41, 5.74) is 0.722. The minimum absolute atomic E-state index is 0.0101. The van der Waals surface area contributed by atoms with E-state index in [2.05, 4.69) is 10.3 Å². The molecule has 2 atom stereocenters. The van der Waals surface area contributed by atoms with Crippen molar-refractivity contribution in [2.24, 2.45) is 13.0 Å². The number of amides is 1. The first kappa shape index (κ1) is 24.8. The summed E-state index contributed by atoms with van der Waals surface area (Å²) in [5.74, 6) is -1.27. The number of benzene rings is 1. The number of aromatic nitrogens is 2. The first-order valence-corrected chi connectivity index (χ1v) is 12.2. The van der Waals surface area contributed by atoms with Crippen molar-refractivity contribution in [1.82, 2.24) is 19.2 Å². The normalized spacial score (nSPS) is 17.4. The minimum atomic E-state index is -3.73. The molecule has 0 radical (unpaired) electrons. The molecule has 9 nitrogen and oxygen atoms in total. The summed E-state index contributed by atoms with van der Waals surface area (Å²) in [6.45, 7) is 5.28. The maximum Gasteiger partial charge on any atom is 0.309 e. The van der Waals surface area contributed by atoms with Gasteiger partial charge in [0.25, 0.3) is 15.9 Å². The molecule has 1 fully saturated rings. The molecule has 1 aliphatic rings. The predicted molar refractivity (Wildman–Crippen MR) is 118 cm³/mol. The van der Waals surface area contributed by atoms with Crippen molar-refractivity contribution in [2.75, 3.05) is 13.1 Å². The summed E-state index contributed by atoms with van der Waals surface area (Å²) in [7, 11) is -2.01. The molecule has 1 saturated heterocycles. The number of sulfonamides is 1. The Kier molecular flexibility index (Phi) is 7.53. The van der Waals surface area contributed by atoms with Crippen LogP contribution >= 0.6 is 0 Å². The molecule has 2 unspecified atom stereocenters. The molecule has 0 bridgehead atoms. The predicted octanol–water partition coefficient (Wildman–Crippen LogP) is 2.08. The zero-order chi connectivity index (χ0) is 24.3. The second-order valence-corrected chi connectivity index (χ2v) is 10.2. The Hall–Kier alpha value is -2.79. The van der Waals surface area contributed by atoms with Crippen LogP contribution in [0, 0.1) is 18.7 Å². The van der Waals surface area contributed by atoms with Gasteiger partial charge in [0.05, 0.1) is 12.0 Å². The van der Waals surface area contributed by atoms with Gasteiger partial charge in [-0.15, -0.1) is 0 Å². The van der Waals surface area contributed by atoms with Gasteiger partial charge in [-0.3, -0.25) is 9.59 Å². The molecule has 2 aromatic rings. The molecule has 0 saturated carbocycles. The van der Waals surface area contributed by atoms with E-state index in [0.29, 0.717) is 18.7 Å². The Morgan fingerprint density at radius 2 is 1.79 bits per heavy atom. The van der Waals surface area contributed by atoms with Crippen molar-refractivity contribution < 1.29 is 27.1 Å². The van der Waals surface area contributed by atoms with Crippen molar-refractivity contribution in [3.63, 3.8) is 0 Å². The number of carbonyl (C=O) groups excluding carboxylic acids is 2. The van der Waals surface area contributed by atoms with Crippen molar-refractivity contribution >= 4 is 21.9 Å². The summed E-state index contributed by atoms with van der Waals surface area (Å²) >= 11 is 0. The smallest absolute Gasteiger partial charge is 0.309 e. The summed E-state index contributed by atoms with van der Waals surface area (Å²) in [6.07, 6.45) is 1.05. The van der Waals surface area contributed by atoms with Crippen LogP contribution < -0.4 is 5.32 Å². The topological polar surface area (TPSA) is 111 Å². The van der Waals surface area contributed by atoms with Gasteiger partial charge in [-0.2, -0.15) is 4.31 Å². The van der Waals surface area contributed by atoms with E-state index < -0.39 is 33.9 Å².